The molecule has 5 heteroatoms. The van der Waals surface area contributed by atoms with Gasteiger partial charge in [-0.25, -0.2) is 4.98 Å². The number of carbonyl (C=O) groups is 1. The van der Waals surface area contributed by atoms with E-state index in [1.54, 1.807) is 23.7 Å². The highest BCUT2D eigenvalue weighted by atomic mass is 32.1. The third kappa shape index (κ3) is 3.32. The van der Waals surface area contributed by atoms with E-state index in [2.05, 4.69) is 15.3 Å². The fourth-order valence-electron chi connectivity index (χ4n) is 1.92. The summed E-state index contributed by atoms with van der Waals surface area (Å²) in [6, 6.07) is 9.63. The Morgan fingerprint density at radius 2 is 2.00 bits per heavy atom. The molecule has 0 spiro atoms. The van der Waals surface area contributed by atoms with Gasteiger partial charge in [0.25, 0.3) is 0 Å². The molecule has 0 saturated heterocycles. The number of rotatable bonds is 3. The van der Waals surface area contributed by atoms with Crippen LogP contribution in [0.1, 0.15) is 17.5 Å². The van der Waals surface area contributed by atoms with Crippen LogP contribution in [0.2, 0.25) is 0 Å². The maximum absolute atomic E-state index is 11.0. The van der Waals surface area contributed by atoms with Crippen molar-refractivity contribution in [2.45, 2.75) is 6.92 Å². The quantitative estimate of drug-likeness (QED) is 0.799. The Morgan fingerprint density at radius 3 is 2.71 bits per heavy atom. The maximum Gasteiger partial charge on any atom is 0.221 e. The van der Waals surface area contributed by atoms with Crippen molar-refractivity contribution in [2.24, 2.45) is 0 Å². The molecule has 0 aliphatic carbocycles. The molecule has 2 heterocycles. The van der Waals surface area contributed by atoms with Gasteiger partial charge in [0.1, 0.15) is 10.5 Å². The zero-order valence-corrected chi connectivity index (χ0v) is 12.2. The molecule has 0 radical (unpaired) electrons. The van der Waals surface area contributed by atoms with Gasteiger partial charge in [0.2, 0.25) is 5.91 Å². The third-order valence-electron chi connectivity index (χ3n) is 2.86. The van der Waals surface area contributed by atoms with Gasteiger partial charge >= 0.3 is 0 Å². The van der Waals surface area contributed by atoms with E-state index in [1.165, 1.54) is 6.92 Å². The van der Waals surface area contributed by atoms with E-state index >= 15 is 0 Å². The van der Waals surface area contributed by atoms with E-state index in [1.807, 2.05) is 42.5 Å². The van der Waals surface area contributed by atoms with E-state index < -0.39 is 0 Å². The summed E-state index contributed by atoms with van der Waals surface area (Å²) in [6.07, 6.45) is 7.53. The van der Waals surface area contributed by atoms with Crippen molar-refractivity contribution < 1.29 is 4.79 Å². The summed E-state index contributed by atoms with van der Waals surface area (Å²) in [5, 5.41) is 3.69. The van der Waals surface area contributed by atoms with E-state index in [0.29, 0.717) is 0 Å². The molecule has 1 amide bonds. The van der Waals surface area contributed by atoms with Gasteiger partial charge in [0.15, 0.2) is 0 Å². The van der Waals surface area contributed by atoms with Gasteiger partial charge in [-0.05, 0) is 29.8 Å². The van der Waals surface area contributed by atoms with E-state index in [-0.39, 0.29) is 5.91 Å². The second-order valence-corrected chi connectivity index (χ2v) is 5.59. The summed E-state index contributed by atoms with van der Waals surface area (Å²) in [4.78, 5) is 19.5. The minimum absolute atomic E-state index is 0.0682. The van der Waals surface area contributed by atoms with Crippen molar-refractivity contribution in [1.82, 2.24) is 9.97 Å². The fraction of sp³-hybridized carbons (Fsp3) is 0.0625. The van der Waals surface area contributed by atoms with Crippen LogP contribution in [-0.2, 0) is 4.79 Å². The Labute approximate surface area is 126 Å². The normalized spacial score (nSPS) is 11.1. The first kappa shape index (κ1) is 13.5. The molecular formula is C16H13N3OS. The van der Waals surface area contributed by atoms with Crippen molar-refractivity contribution >= 4 is 45.3 Å². The SMILES string of the molecule is CC(=O)Nc1ccc(C=Cc2nc3cnccc3s2)cc1. The lowest BCUT2D eigenvalue weighted by Crippen LogP contribution is -2.05. The maximum atomic E-state index is 11.0. The van der Waals surface area contributed by atoms with Crippen molar-refractivity contribution in [3.8, 4) is 0 Å². The van der Waals surface area contributed by atoms with Crippen LogP contribution < -0.4 is 5.32 Å². The topological polar surface area (TPSA) is 54.9 Å². The fourth-order valence-corrected chi connectivity index (χ4v) is 2.75. The Hall–Kier alpha value is -2.53. The molecule has 0 bridgehead atoms. The first-order chi connectivity index (χ1) is 10.2. The molecule has 0 aliphatic rings. The minimum atomic E-state index is -0.0682. The van der Waals surface area contributed by atoms with Gasteiger partial charge in [-0.2, -0.15) is 0 Å². The summed E-state index contributed by atoms with van der Waals surface area (Å²) in [5.74, 6) is -0.0682. The summed E-state index contributed by atoms with van der Waals surface area (Å²) >= 11 is 1.63. The molecule has 21 heavy (non-hydrogen) atoms. The predicted molar refractivity (Wildman–Crippen MR) is 87.1 cm³/mol. The van der Waals surface area contributed by atoms with E-state index in [4.69, 9.17) is 0 Å². The van der Waals surface area contributed by atoms with Crippen LogP contribution in [0.4, 0.5) is 5.69 Å². The number of fused-ring (bicyclic) bond motifs is 1. The molecule has 0 atom stereocenters. The number of nitrogens with zero attached hydrogens (tertiary/aromatic N) is 2. The van der Waals surface area contributed by atoms with E-state index in [0.717, 1.165) is 26.5 Å². The second-order valence-electron chi connectivity index (χ2n) is 4.53. The highest BCUT2D eigenvalue weighted by molar-refractivity contribution is 7.19. The van der Waals surface area contributed by atoms with Gasteiger partial charge in [-0.3, -0.25) is 9.78 Å². The molecule has 104 valence electrons. The first-order valence-corrected chi connectivity index (χ1v) is 7.29. The smallest absolute Gasteiger partial charge is 0.221 e. The summed E-state index contributed by atoms with van der Waals surface area (Å²) in [6.45, 7) is 1.50. The third-order valence-corrected chi connectivity index (χ3v) is 3.86. The predicted octanol–water partition coefficient (Wildman–Crippen LogP) is 3.82. The van der Waals surface area contributed by atoms with Crippen LogP contribution in [0, 0.1) is 0 Å². The number of benzene rings is 1. The molecule has 0 aliphatic heterocycles. The van der Waals surface area contributed by atoms with Crippen LogP contribution in [0.25, 0.3) is 22.4 Å². The van der Waals surface area contributed by atoms with Crippen molar-refractivity contribution in [1.29, 1.82) is 0 Å². The lowest BCUT2D eigenvalue weighted by molar-refractivity contribution is -0.114. The van der Waals surface area contributed by atoms with Crippen LogP contribution >= 0.6 is 11.3 Å². The highest BCUT2D eigenvalue weighted by Crippen LogP contribution is 2.22. The number of thiazole rings is 1. The second kappa shape index (κ2) is 5.85. The molecule has 0 fully saturated rings. The molecule has 3 aromatic rings. The molecule has 1 N–H and O–H groups in total. The standard InChI is InChI=1S/C16H13N3OS/c1-11(20)18-13-5-2-12(3-6-13)4-7-16-19-14-10-17-9-8-15(14)21-16/h2-10H,1H3,(H,18,20). The lowest BCUT2D eigenvalue weighted by atomic mass is 10.2. The molecule has 3 rings (SSSR count). The lowest BCUT2D eigenvalue weighted by Gasteiger charge is -2.01. The molecule has 0 unspecified atom stereocenters. The minimum Gasteiger partial charge on any atom is -0.326 e. The van der Waals surface area contributed by atoms with Gasteiger partial charge in [0.05, 0.1) is 10.9 Å². The number of amides is 1. The highest BCUT2D eigenvalue weighted by Gasteiger charge is 2.00. The zero-order valence-electron chi connectivity index (χ0n) is 11.4. The first-order valence-electron chi connectivity index (χ1n) is 6.47. The molecule has 1 aromatic carbocycles. The Bertz CT molecular complexity index is 773. The van der Waals surface area contributed by atoms with Gasteiger partial charge < -0.3 is 5.32 Å². The largest absolute Gasteiger partial charge is 0.326 e. The number of hydrogen-bond acceptors (Lipinski definition) is 4. The van der Waals surface area contributed by atoms with Crippen LogP contribution in [-0.4, -0.2) is 15.9 Å². The van der Waals surface area contributed by atoms with Gasteiger partial charge in [0, 0.05) is 18.8 Å². The number of carbonyl (C=O) groups excluding carboxylic acids is 1. The Balaban J connectivity index is 1.77. The number of pyridine rings is 1. The van der Waals surface area contributed by atoms with Gasteiger partial charge in [-0.1, -0.05) is 18.2 Å². The Kier molecular flexibility index (Phi) is 3.75. The summed E-state index contributed by atoms with van der Waals surface area (Å²) in [7, 11) is 0. The van der Waals surface area contributed by atoms with Gasteiger partial charge in [-0.15, -0.1) is 11.3 Å². The average molecular weight is 295 g/mol. The van der Waals surface area contributed by atoms with Crippen molar-refractivity contribution in [3.05, 3.63) is 53.3 Å². The van der Waals surface area contributed by atoms with E-state index in [9.17, 15) is 4.79 Å². The number of anilines is 1. The zero-order chi connectivity index (χ0) is 14.7. The number of hydrogen-bond donors (Lipinski definition) is 1. The van der Waals surface area contributed by atoms with Crippen molar-refractivity contribution in [3.63, 3.8) is 0 Å². The molecular weight excluding hydrogens is 282 g/mol. The van der Waals surface area contributed by atoms with Crippen LogP contribution in [0.5, 0.6) is 0 Å². The number of nitrogens with one attached hydrogen (secondary N) is 1. The molecule has 4 nitrogen and oxygen atoms in total. The van der Waals surface area contributed by atoms with Crippen LogP contribution in [0.15, 0.2) is 42.7 Å². The average Bonchev–Trinajstić information content (AvgIpc) is 2.89. The Morgan fingerprint density at radius 1 is 1.19 bits per heavy atom. The summed E-state index contributed by atoms with van der Waals surface area (Å²) in [5.41, 5.74) is 2.77. The monoisotopic (exact) mass is 295 g/mol. The van der Waals surface area contributed by atoms with Crippen molar-refractivity contribution in [2.75, 3.05) is 5.32 Å². The van der Waals surface area contributed by atoms with Crippen LogP contribution in [0.3, 0.4) is 0 Å². The molecule has 2 aromatic heterocycles. The summed E-state index contributed by atoms with van der Waals surface area (Å²) < 4.78 is 1.13. The molecule has 0 saturated carbocycles. The number of aromatic nitrogens is 2.